The first-order valence-electron chi connectivity index (χ1n) is 5.20. The van der Waals surface area contributed by atoms with Gasteiger partial charge in [0.2, 0.25) is 0 Å². The molecule has 0 saturated carbocycles. The third kappa shape index (κ3) is 4.09. The van der Waals surface area contributed by atoms with E-state index in [1.165, 1.54) is 0 Å². The Kier molecular flexibility index (Phi) is 4.63. The highest BCUT2D eigenvalue weighted by Gasteiger charge is 2.05. The Labute approximate surface area is 128 Å². The first-order valence-corrected chi connectivity index (χ1v) is 6.75. The summed E-state index contributed by atoms with van der Waals surface area (Å²) in [6.07, 6.45) is 0. The zero-order chi connectivity index (χ0) is 13.8. The SMILES string of the molecule is O=C(Nc1ccc(Cl)c(Cl)c1)Nc1cccc(Br)n1. The largest absolute Gasteiger partial charge is 0.324 e. The van der Waals surface area contributed by atoms with Crippen LogP contribution in [0.2, 0.25) is 10.0 Å². The van der Waals surface area contributed by atoms with Crippen LogP contribution < -0.4 is 10.6 Å². The first-order chi connectivity index (χ1) is 9.04. The molecule has 0 radical (unpaired) electrons. The van der Waals surface area contributed by atoms with Gasteiger partial charge in [0.05, 0.1) is 10.0 Å². The van der Waals surface area contributed by atoms with Gasteiger partial charge in [-0.05, 0) is 46.3 Å². The number of anilines is 2. The number of carbonyl (C=O) groups excluding carboxylic acids is 1. The molecule has 0 atom stereocenters. The van der Waals surface area contributed by atoms with Crippen LogP contribution >= 0.6 is 39.1 Å². The van der Waals surface area contributed by atoms with Crippen LogP contribution in [0.5, 0.6) is 0 Å². The number of carbonyl (C=O) groups is 1. The summed E-state index contributed by atoms with van der Waals surface area (Å²) in [4.78, 5) is 15.8. The average molecular weight is 361 g/mol. The Balaban J connectivity index is 2.03. The van der Waals surface area contributed by atoms with Gasteiger partial charge in [0, 0.05) is 5.69 Å². The Morgan fingerprint density at radius 2 is 1.89 bits per heavy atom. The van der Waals surface area contributed by atoms with Gasteiger partial charge < -0.3 is 5.32 Å². The number of nitrogens with one attached hydrogen (secondary N) is 2. The van der Waals surface area contributed by atoms with Gasteiger partial charge in [-0.15, -0.1) is 0 Å². The molecule has 2 aromatic rings. The fraction of sp³-hybridized carbons (Fsp3) is 0. The predicted molar refractivity (Wildman–Crippen MR) is 81.0 cm³/mol. The molecule has 98 valence electrons. The van der Waals surface area contributed by atoms with E-state index in [2.05, 4.69) is 31.5 Å². The molecule has 0 aliphatic rings. The van der Waals surface area contributed by atoms with E-state index >= 15 is 0 Å². The average Bonchev–Trinajstić information content (AvgIpc) is 2.34. The lowest BCUT2D eigenvalue weighted by molar-refractivity contribution is 0.262. The second-order valence-corrected chi connectivity index (χ2v) is 5.18. The van der Waals surface area contributed by atoms with Crippen molar-refractivity contribution in [1.29, 1.82) is 0 Å². The van der Waals surface area contributed by atoms with Gasteiger partial charge in [0.1, 0.15) is 10.4 Å². The van der Waals surface area contributed by atoms with Crippen molar-refractivity contribution in [3.8, 4) is 0 Å². The number of rotatable bonds is 2. The standard InChI is InChI=1S/C12H8BrCl2N3O/c13-10-2-1-3-11(17-10)18-12(19)16-7-4-5-8(14)9(15)6-7/h1-6H,(H2,16,17,18,19). The molecule has 7 heteroatoms. The smallest absolute Gasteiger partial charge is 0.308 e. The van der Waals surface area contributed by atoms with E-state index in [-0.39, 0.29) is 0 Å². The summed E-state index contributed by atoms with van der Waals surface area (Å²) >= 11 is 14.9. The number of amides is 2. The lowest BCUT2D eigenvalue weighted by Crippen LogP contribution is -2.20. The van der Waals surface area contributed by atoms with Gasteiger partial charge in [-0.3, -0.25) is 5.32 Å². The fourth-order valence-electron chi connectivity index (χ4n) is 1.33. The van der Waals surface area contributed by atoms with Gasteiger partial charge >= 0.3 is 6.03 Å². The number of benzene rings is 1. The summed E-state index contributed by atoms with van der Waals surface area (Å²) < 4.78 is 0.639. The quantitative estimate of drug-likeness (QED) is 0.756. The van der Waals surface area contributed by atoms with E-state index in [1.807, 2.05) is 0 Å². The molecular formula is C12H8BrCl2N3O. The molecule has 0 spiro atoms. The number of aromatic nitrogens is 1. The number of pyridine rings is 1. The molecule has 0 saturated heterocycles. The van der Waals surface area contributed by atoms with Crippen molar-refractivity contribution in [3.63, 3.8) is 0 Å². The summed E-state index contributed by atoms with van der Waals surface area (Å²) in [6.45, 7) is 0. The maximum Gasteiger partial charge on any atom is 0.324 e. The highest BCUT2D eigenvalue weighted by Crippen LogP contribution is 2.25. The number of hydrogen-bond acceptors (Lipinski definition) is 2. The van der Waals surface area contributed by atoms with Crippen LogP contribution in [0.4, 0.5) is 16.3 Å². The summed E-state index contributed by atoms with van der Waals surface area (Å²) in [5.74, 6) is 0.437. The highest BCUT2D eigenvalue weighted by molar-refractivity contribution is 9.10. The zero-order valence-electron chi connectivity index (χ0n) is 9.45. The van der Waals surface area contributed by atoms with Crippen LogP contribution in [0.15, 0.2) is 41.0 Å². The lowest BCUT2D eigenvalue weighted by Gasteiger charge is -2.07. The molecule has 2 amide bonds. The van der Waals surface area contributed by atoms with E-state index < -0.39 is 6.03 Å². The van der Waals surface area contributed by atoms with E-state index in [9.17, 15) is 4.79 Å². The molecule has 0 fully saturated rings. The van der Waals surface area contributed by atoms with Gasteiger partial charge in [-0.25, -0.2) is 9.78 Å². The molecule has 2 rings (SSSR count). The summed E-state index contributed by atoms with van der Waals surface area (Å²) in [5.41, 5.74) is 0.543. The van der Waals surface area contributed by atoms with Gasteiger partial charge in [0.25, 0.3) is 0 Å². The minimum absolute atomic E-state index is 0.375. The van der Waals surface area contributed by atoms with E-state index in [4.69, 9.17) is 23.2 Å². The van der Waals surface area contributed by atoms with Crippen LogP contribution in [0.25, 0.3) is 0 Å². The second-order valence-electron chi connectivity index (χ2n) is 3.55. The topological polar surface area (TPSA) is 54.0 Å². The molecule has 2 N–H and O–H groups in total. The number of nitrogens with zero attached hydrogens (tertiary/aromatic N) is 1. The van der Waals surface area contributed by atoms with Crippen molar-refractivity contribution in [3.05, 3.63) is 51.0 Å². The van der Waals surface area contributed by atoms with Crippen LogP contribution in [-0.2, 0) is 0 Å². The normalized spacial score (nSPS) is 10.1. The molecule has 0 aliphatic carbocycles. The van der Waals surface area contributed by atoms with Crippen molar-refractivity contribution >= 4 is 56.7 Å². The van der Waals surface area contributed by atoms with E-state index in [0.29, 0.717) is 26.2 Å². The summed E-state index contributed by atoms with van der Waals surface area (Å²) in [7, 11) is 0. The minimum atomic E-state index is -0.413. The van der Waals surface area contributed by atoms with Crippen molar-refractivity contribution in [2.75, 3.05) is 10.6 Å². The summed E-state index contributed by atoms with van der Waals surface area (Å²) in [5, 5.41) is 6.03. The van der Waals surface area contributed by atoms with Crippen molar-refractivity contribution in [2.45, 2.75) is 0 Å². The molecule has 1 aromatic heterocycles. The minimum Gasteiger partial charge on any atom is -0.308 e. The summed E-state index contributed by atoms with van der Waals surface area (Å²) in [6, 6.07) is 9.63. The monoisotopic (exact) mass is 359 g/mol. The third-order valence-electron chi connectivity index (χ3n) is 2.13. The highest BCUT2D eigenvalue weighted by atomic mass is 79.9. The van der Waals surface area contributed by atoms with Crippen molar-refractivity contribution in [1.82, 2.24) is 4.98 Å². The van der Waals surface area contributed by atoms with E-state index in [1.54, 1.807) is 36.4 Å². The Morgan fingerprint density at radius 1 is 1.11 bits per heavy atom. The zero-order valence-corrected chi connectivity index (χ0v) is 12.6. The second kappa shape index (κ2) is 6.23. The van der Waals surface area contributed by atoms with Crippen molar-refractivity contribution in [2.24, 2.45) is 0 Å². The molecule has 0 unspecified atom stereocenters. The Morgan fingerprint density at radius 3 is 2.58 bits per heavy atom. The lowest BCUT2D eigenvalue weighted by atomic mass is 10.3. The first kappa shape index (κ1) is 14.1. The molecule has 4 nitrogen and oxygen atoms in total. The molecular weight excluding hydrogens is 353 g/mol. The Hall–Kier alpha value is -1.30. The Bertz CT molecular complexity index is 622. The molecule has 1 heterocycles. The van der Waals surface area contributed by atoms with Gasteiger partial charge in [0.15, 0.2) is 0 Å². The van der Waals surface area contributed by atoms with Gasteiger partial charge in [-0.1, -0.05) is 29.3 Å². The number of halogens is 3. The molecule has 0 aliphatic heterocycles. The van der Waals surface area contributed by atoms with Crippen LogP contribution in [-0.4, -0.2) is 11.0 Å². The van der Waals surface area contributed by atoms with Crippen molar-refractivity contribution < 1.29 is 4.79 Å². The number of urea groups is 1. The number of hydrogen-bond donors (Lipinski definition) is 2. The molecule has 0 bridgehead atoms. The molecule has 1 aromatic carbocycles. The molecule has 19 heavy (non-hydrogen) atoms. The maximum absolute atomic E-state index is 11.7. The van der Waals surface area contributed by atoms with Gasteiger partial charge in [-0.2, -0.15) is 0 Å². The predicted octanol–water partition coefficient (Wildman–Crippen LogP) is 4.79. The van der Waals surface area contributed by atoms with Crippen LogP contribution in [0.1, 0.15) is 0 Å². The third-order valence-corrected chi connectivity index (χ3v) is 3.31. The van der Waals surface area contributed by atoms with Crippen LogP contribution in [0, 0.1) is 0 Å². The van der Waals surface area contributed by atoms with E-state index in [0.717, 1.165) is 0 Å². The fourth-order valence-corrected chi connectivity index (χ4v) is 1.97. The van der Waals surface area contributed by atoms with Crippen LogP contribution in [0.3, 0.4) is 0 Å². The maximum atomic E-state index is 11.7.